The zero-order chi connectivity index (χ0) is 11.5. The van der Waals surface area contributed by atoms with Gasteiger partial charge in [-0.05, 0) is 25.1 Å². The summed E-state index contributed by atoms with van der Waals surface area (Å²) in [5.41, 5.74) is 4.18. The number of aryl methyl sites for hydroxylation is 1. The Bertz CT molecular complexity index is 494. The van der Waals surface area contributed by atoms with Gasteiger partial charge >= 0.3 is 0 Å². The van der Waals surface area contributed by atoms with Crippen molar-refractivity contribution < 1.29 is 0 Å². The van der Waals surface area contributed by atoms with Crippen LogP contribution in [0.25, 0.3) is 0 Å². The number of nitrogens with zero attached hydrogens (tertiary/aromatic N) is 3. The molecular formula is C10H12ClN5. The highest BCUT2D eigenvalue weighted by atomic mass is 35.5. The van der Waals surface area contributed by atoms with Gasteiger partial charge in [0.2, 0.25) is 0 Å². The third-order valence-electron chi connectivity index (χ3n) is 2.15. The van der Waals surface area contributed by atoms with E-state index in [1.54, 1.807) is 16.8 Å². The topological polar surface area (TPSA) is 68.8 Å². The van der Waals surface area contributed by atoms with Crippen molar-refractivity contribution in [2.45, 2.75) is 13.5 Å². The number of rotatable bonds is 3. The van der Waals surface area contributed by atoms with Crippen LogP contribution in [-0.4, -0.2) is 14.8 Å². The molecule has 2 heterocycles. The molecule has 16 heavy (non-hydrogen) atoms. The van der Waals surface area contributed by atoms with E-state index in [9.17, 15) is 0 Å². The van der Waals surface area contributed by atoms with Crippen LogP contribution in [0.2, 0.25) is 5.02 Å². The van der Waals surface area contributed by atoms with Crippen LogP contribution in [0, 0.1) is 6.92 Å². The highest BCUT2D eigenvalue weighted by molar-refractivity contribution is 6.31. The fourth-order valence-electron chi connectivity index (χ4n) is 1.38. The first-order valence-electron chi connectivity index (χ1n) is 4.81. The van der Waals surface area contributed by atoms with Gasteiger partial charge in [-0.3, -0.25) is 4.68 Å². The van der Waals surface area contributed by atoms with E-state index in [0.717, 1.165) is 11.4 Å². The first-order valence-corrected chi connectivity index (χ1v) is 5.19. The Balaban J connectivity index is 2.26. The second-order valence-electron chi connectivity index (χ2n) is 3.42. The smallest absolute Gasteiger partial charge is 0.140 e. The number of pyridine rings is 1. The summed E-state index contributed by atoms with van der Waals surface area (Å²) >= 11 is 6.04. The fourth-order valence-corrected chi connectivity index (χ4v) is 1.55. The van der Waals surface area contributed by atoms with E-state index in [-0.39, 0.29) is 0 Å². The zero-order valence-electron chi connectivity index (χ0n) is 8.81. The Morgan fingerprint density at radius 1 is 1.44 bits per heavy atom. The van der Waals surface area contributed by atoms with E-state index in [0.29, 0.717) is 17.4 Å². The van der Waals surface area contributed by atoms with Crippen LogP contribution in [0.3, 0.4) is 0 Å². The monoisotopic (exact) mass is 237 g/mol. The molecule has 0 aliphatic heterocycles. The molecule has 2 aromatic rings. The Hall–Kier alpha value is -1.59. The summed E-state index contributed by atoms with van der Waals surface area (Å²) in [7, 11) is 0. The molecule has 0 unspecified atom stereocenters. The summed E-state index contributed by atoms with van der Waals surface area (Å²) in [6.07, 6.45) is 1.88. The lowest BCUT2D eigenvalue weighted by Gasteiger charge is -2.06. The van der Waals surface area contributed by atoms with Crippen molar-refractivity contribution in [3.05, 3.63) is 40.8 Å². The van der Waals surface area contributed by atoms with Gasteiger partial charge in [0.25, 0.3) is 0 Å². The predicted molar refractivity (Wildman–Crippen MR) is 63.1 cm³/mol. The van der Waals surface area contributed by atoms with Gasteiger partial charge in [0.15, 0.2) is 0 Å². The van der Waals surface area contributed by atoms with E-state index < -0.39 is 0 Å². The van der Waals surface area contributed by atoms with Crippen LogP contribution in [-0.2, 0) is 6.54 Å². The number of hydrogen-bond acceptors (Lipinski definition) is 4. The average Bonchev–Trinajstić information content (AvgIpc) is 2.67. The number of hydrazine groups is 1. The minimum Gasteiger partial charge on any atom is -0.308 e. The molecular weight excluding hydrogens is 226 g/mol. The first-order chi connectivity index (χ1) is 7.69. The number of hydrogen-bond donors (Lipinski definition) is 2. The molecule has 2 rings (SSSR count). The predicted octanol–water partition coefficient (Wildman–Crippen LogP) is 1.57. The van der Waals surface area contributed by atoms with E-state index >= 15 is 0 Å². The maximum absolute atomic E-state index is 6.04. The maximum atomic E-state index is 6.04. The third kappa shape index (κ3) is 2.32. The van der Waals surface area contributed by atoms with Gasteiger partial charge in [-0.25, -0.2) is 10.8 Å². The van der Waals surface area contributed by atoms with Crippen LogP contribution < -0.4 is 11.3 Å². The Kier molecular flexibility index (Phi) is 3.07. The molecule has 0 saturated carbocycles. The number of anilines is 1. The normalized spacial score (nSPS) is 10.4. The molecule has 0 aliphatic rings. The average molecular weight is 238 g/mol. The summed E-state index contributed by atoms with van der Waals surface area (Å²) in [5, 5.41) is 4.87. The minimum atomic E-state index is 0.530. The van der Waals surface area contributed by atoms with Gasteiger partial charge in [0.1, 0.15) is 5.82 Å². The molecule has 0 fully saturated rings. The molecule has 0 saturated heterocycles. The number of nitrogens with one attached hydrogen (secondary N) is 1. The van der Waals surface area contributed by atoms with Crippen LogP contribution in [0.15, 0.2) is 24.4 Å². The van der Waals surface area contributed by atoms with Crippen molar-refractivity contribution in [2.24, 2.45) is 5.84 Å². The zero-order valence-corrected chi connectivity index (χ0v) is 9.57. The molecule has 3 N–H and O–H groups in total. The lowest BCUT2D eigenvalue weighted by molar-refractivity contribution is 0.666. The molecule has 84 valence electrons. The Morgan fingerprint density at radius 3 is 2.88 bits per heavy atom. The standard InChI is InChI=1S/C10H12ClN5/c1-7-4-5-16(15-7)6-9-8(11)2-3-10(13-9)14-12/h2-5H,6,12H2,1H3,(H,13,14). The van der Waals surface area contributed by atoms with E-state index in [1.165, 1.54) is 0 Å². The van der Waals surface area contributed by atoms with Crippen molar-refractivity contribution in [1.29, 1.82) is 0 Å². The Morgan fingerprint density at radius 2 is 2.25 bits per heavy atom. The maximum Gasteiger partial charge on any atom is 0.140 e. The summed E-state index contributed by atoms with van der Waals surface area (Å²) in [5.74, 6) is 5.87. The molecule has 5 nitrogen and oxygen atoms in total. The second-order valence-corrected chi connectivity index (χ2v) is 3.83. The summed E-state index contributed by atoms with van der Waals surface area (Å²) in [6.45, 7) is 2.46. The first kappa shape index (κ1) is 10.9. The second kappa shape index (κ2) is 4.51. The van der Waals surface area contributed by atoms with Gasteiger partial charge in [-0.15, -0.1) is 0 Å². The van der Waals surface area contributed by atoms with Crippen molar-refractivity contribution in [2.75, 3.05) is 5.43 Å². The fraction of sp³-hybridized carbons (Fsp3) is 0.200. The molecule has 6 heteroatoms. The SMILES string of the molecule is Cc1ccn(Cc2nc(NN)ccc2Cl)n1. The van der Waals surface area contributed by atoms with Gasteiger partial charge in [-0.1, -0.05) is 11.6 Å². The van der Waals surface area contributed by atoms with Crippen LogP contribution in [0.4, 0.5) is 5.82 Å². The molecule has 0 amide bonds. The molecule has 0 bridgehead atoms. The number of nitrogen functional groups attached to an aromatic ring is 1. The number of halogens is 1. The minimum absolute atomic E-state index is 0.530. The quantitative estimate of drug-likeness (QED) is 0.628. The molecule has 0 radical (unpaired) electrons. The summed E-state index contributed by atoms with van der Waals surface area (Å²) in [6, 6.07) is 5.41. The highest BCUT2D eigenvalue weighted by Crippen LogP contribution is 2.17. The summed E-state index contributed by atoms with van der Waals surface area (Å²) < 4.78 is 1.78. The number of aromatic nitrogens is 3. The van der Waals surface area contributed by atoms with E-state index in [4.69, 9.17) is 17.4 Å². The van der Waals surface area contributed by atoms with E-state index in [2.05, 4.69) is 15.5 Å². The van der Waals surface area contributed by atoms with Crippen molar-refractivity contribution in [3.63, 3.8) is 0 Å². The lowest BCUT2D eigenvalue weighted by atomic mass is 10.3. The van der Waals surface area contributed by atoms with Crippen molar-refractivity contribution in [1.82, 2.24) is 14.8 Å². The van der Waals surface area contributed by atoms with Crippen LogP contribution in [0.1, 0.15) is 11.4 Å². The third-order valence-corrected chi connectivity index (χ3v) is 2.50. The molecule has 0 atom stereocenters. The number of nitrogens with two attached hydrogens (primary N) is 1. The van der Waals surface area contributed by atoms with Gasteiger partial charge < -0.3 is 5.43 Å². The lowest BCUT2D eigenvalue weighted by Crippen LogP contribution is -2.11. The largest absolute Gasteiger partial charge is 0.308 e. The molecule has 0 spiro atoms. The Labute approximate surface area is 98.2 Å². The van der Waals surface area contributed by atoms with Crippen molar-refractivity contribution >= 4 is 17.4 Å². The molecule has 2 aromatic heterocycles. The van der Waals surface area contributed by atoms with Crippen molar-refractivity contribution in [3.8, 4) is 0 Å². The van der Waals surface area contributed by atoms with E-state index in [1.807, 2.05) is 19.2 Å². The summed E-state index contributed by atoms with van der Waals surface area (Å²) in [4.78, 5) is 4.27. The van der Waals surface area contributed by atoms with Gasteiger partial charge in [0, 0.05) is 6.20 Å². The van der Waals surface area contributed by atoms with Gasteiger partial charge in [-0.2, -0.15) is 5.10 Å². The van der Waals surface area contributed by atoms with Crippen LogP contribution in [0.5, 0.6) is 0 Å². The molecule has 0 aromatic carbocycles. The molecule has 0 aliphatic carbocycles. The highest BCUT2D eigenvalue weighted by Gasteiger charge is 2.05. The van der Waals surface area contributed by atoms with Crippen LogP contribution >= 0.6 is 11.6 Å². The van der Waals surface area contributed by atoms with Gasteiger partial charge in [0.05, 0.1) is 23.0 Å².